The Balaban J connectivity index is 2.61. The number of carbonyl (C=O) groups excluding carboxylic acids is 2. The molecule has 1 aromatic rings. The molecule has 0 unspecified atom stereocenters. The molecular formula is C13H19N3O4S. The number of nitrogens with zero attached hydrogens (tertiary/aromatic N) is 1. The van der Waals surface area contributed by atoms with Crippen molar-refractivity contribution in [3.05, 3.63) is 24.3 Å². The topological polar surface area (TPSA) is 95.6 Å². The smallest absolute Gasteiger partial charge is 0.225 e. The van der Waals surface area contributed by atoms with E-state index in [0.717, 1.165) is 4.31 Å². The molecule has 0 fully saturated rings. The maximum atomic E-state index is 11.7. The molecule has 0 bridgehead atoms. The number of hydrogen-bond acceptors (Lipinski definition) is 4. The molecule has 2 N–H and O–H groups in total. The molecule has 21 heavy (non-hydrogen) atoms. The van der Waals surface area contributed by atoms with E-state index in [0.29, 0.717) is 11.4 Å². The van der Waals surface area contributed by atoms with Gasteiger partial charge in [0.2, 0.25) is 21.8 Å². The second kappa shape index (κ2) is 7.19. The van der Waals surface area contributed by atoms with E-state index in [1.807, 2.05) is 0 Å². The van der Waals surface area contributed by atoms with Crippen LogP contribution in [0.5, 0.6) is 0 Å². The van der Waals surface area contributed by atoms with Gasteiger partial charge in [0.1, 0.15) is 0 Å². The predicted octanol–water partition coefficient (Wildman–Crippen LogP) is 0.865. The number of amides is 2. The van der Waals surface area contributed by atoms with Crippen molar-refractivity contribution in [2.24, 2.45) is 0 Å². The fourth-order valence-corrected chi connectivity index (χ4v) is 2.31. The van der Waals surface area contributed by atoms with Gasteiger partial charge in [-0.3, -0.25) is 9.59 Å². The lowest BCUT2D eigenvalue weighted by molar-refractivity contribution is -0.116. The van der Waals surface area contributed by atoms with Gasteiger partial charge in [-0.2, -0.15) is 0 Å². The Morgan fingerprint density at radius 3 is 2.24 bits per heavy atom. The van der Waals surface area contributed by atoms with Crippen molar-refractivity contribution in [1.29, 1.82) is 0 Å². The zero-order chi connectivity index (χ0) is 16.0. The molecule has 7 nitrogen and oxygen atoms in total. The van der Waals surface area contributed by atoms with E-state index >= 15 is 0 Å². The highest BCUT2D eigenvalue weighted by Gasteiger charge is 2.15. The van der Waals surface area contributed by atoms with Crippen LogP contribution < -0.4 is 10.6 Å². The van der Waals surface area contributed by atoms with Crippen LogP contribution >= 0.6 is 0 Å². The zero-order valence-electron chi connectivity index (χ0n) is 12.2. The first kappa shape index (κ1) is 17.1. The first-order chi connectivity index (χ1) is 9.70. The monoisotopic (exact) mass is 313 g/mol. The van der Waals surface area contributed by atoms with E-state index in [1.165, 1.54) is 21.0 Å². The lowest BCUT2D eigenvalue weighted by Gasteiger charge is -2.11. The van der Waals surface area contributed by atoms with Gasteiger partial charge in [-0.15, -0.1) is 0 Å². The third-order valence-corrected chi connectivity index (χ3v) is 4.44. The van der Waals surface area contributed by atoms with Crippen molar-refractivity contribution in [3.63, 3.8) is 0 Å². The van der Waals surface area contributed by atoms with Crippen LogP contribution in [0.25, 0.3) is 0 Å². The molecule has 0 spiro atoms. The highest BCUT2D eigenvalue weighted by atomic mass is 32.2. The highest BCUT2D eigenvalue weighted by Crippen LogP contribution is 2.15. The Bertz CT molecular complexity index is 626. The number of carbonyl (C=O) groups is 2. The maximum Gasteiger partial charge on any atom is 0.225 e. The van der Waals surface area contributed by atoms with E-state index in [4.69, 9.17) is 0 Å². The van der Waals surface area contributed by atoms with Crippen LogP contribution in [0.4, 0.5) is 11.4 Å². The summed E-state index contributed by atoms with van der Waals surface area (Å²) >= 11 is 0. The van der Waals surface area contributed by atoms with Gasteiger partial charge >= 0.3 is 0 Å². The van der Waals surface area contributed by atoms with Gasteiger partial charge in [0, 0.05) is 38.8 Å². The average molecular weight is 313 g/mol. The minimum Gasteiger partial charge on any atom is -0.326 e. The molecular weight excluding hydrogens is 294 g/mol. The molecule has 0 radical (unpaired) electrons. The summed E-state index contributed by atoms with van der Waals surface area (Å²) in [7, 11) is -0.553. The summed E-state index contributed by atoms with van der Waals surface area (Å²) in [4.78, 5) is 22.7. The second-order valence-electron chi connectivity index (χ2n) is 4.66. The lowest BCUT2D eigenvalue weighted by Crippen LogP contribution is -2.27. The van der Waals surface area contributed by atoms with Gasteiger partial charge in [0.15, 0.2) is 0 Å². The Kier molecular flexibility index (Phi) is 5.86. The fourth-order valence-electron chi connectivity index (χ4n) is 1.51. The fraction of sp³-hybridized carbons (Fsp3) is 0.385. The molecule has 0 aliphatic heterocycles. The summed E-state index contributed by atoms with van der Waals surface area (Å²) in [6.07, 6.45) is -0.134. The van der Waals surface area contributed by atoms with Crippen molar-refractivity contribution in [3.8, 4) is 0 Å². The van der Waals surface area contributed by atoms with Crippen molar-refractivity contribution >= 4 is 33.2 Å². The van der Waals surface area contributed by atoms with Gasteiger partial charge < -0.3 is 10.6 Å². The number of anilines is 2. The van der Waals surface area contributed by atoms with Crippen LogP contribution in [0.3, 0.4) is 0 Å². The predicted molar refractivity (Wildman–Crippen MR) is 81.5 cm³/mol. The first-order valence-electron chi connectivity index (χ1n) is 6.28. The van der Waals surface area contributed by atoms with Crippen molar-refractivity contribution in [2.45, 2.75) is 13.3 Å². The molecule has 0 aliphatic rings. The van der Waals surface area contributed by atoms with Crippen LogP contribution in [0.1, 0.15) is 13.3 Å². The van der Waals surface area contributed by atoms with E-state index in [2.05, 4.69) is 10.6 Å². The van der Waals surface area contributed by atoms with Crippen molar-refractivity contribution < 1.29 is 18.0 Å². The highest BCUT2D eigenvalue weighted by molar-refractivity contribution is 7.89. The van der Waals surface area contributed by atoms with E-state index in [1.54, 1.807) is 24.3 Å². The van der Waals surface area contributed by atoms with E-state index < -0.39 is 15.9 Å². The summed E-state index contributed by atoms with van der Waals surface area (Å²) in [5, 5.41) is 5.19. The average Bonchev–Trinajstić information content (AvgIpc) is 2.36. The molecule has 1 aromatic carbocycles. The molecule has 0 saturated heterocycles. The van der Waals surface area contributed by atoms with Crippen LogP contribution in [0.15, 0.2) is 24.3 Å². The number of sulfonamides is 1. The molecule has 2 amide bonds. The third kappa shape index (κ3) is 5.92. The molecule has 0 aromatic heterocycles. The number of nitrogens with one attached hydrogen (secondary N) is 2. The lowest BCUT2D eigenvalue weighted by atomic mass is 10.2. The minimum absolute atomic E-state index is 0.134. The standard InChI is InChI=1S/C13H19N3O4S/c1-10(17)14-11-5-4-6-12(9-11)15-13(18)7-8-21(19,20)16(2)3/h4-6,9H,7-8H2,1-3H3,(H,14,17)(H,15,18). The van der Waals surface area contributed by atoms with Gasteiger partial charge in [0.05, 0.1) is 5.75 Å². The molecule has 0 heterocycles. The summed E-state index contributed by atoms with van der Waals surface area (Å²) in [5.74, 6) is -0.868. The maximum absolute atomic E-state index is 11.7. The summed E-state index contributed by atoms with van der Waals surface area (Å²) in [5.41, 5.74) is 1.05. The zero-order valence-corrected chi connectivity index (χ0v) is 13.0. The number of hydrogen-bond donors (Lipinski definition) is 2. The second-order valence-corrected chi connectivity index (χ2v) is 6.96. The number of benzene rings is 1. The minimum atomic E-state index is -3.39. The molecule has 0 aliphatic carbocycles. The Morgan fingerprint density at radius 1 is 1.14 bits per heavy atom. The van der Waals surface area contributed by atoms with Crippen LogP contribution in [-0.4, -0.2) is 44.4 Å². The molecule has 8 heteroatoms. The normalized spacial score (nSPS) is 11.2. The van der Waals surface area contributed by atoms with Crippen molar-refractivity contribution in [2.75, 3.05) is 30.5 Å². The van der Waals surface area contributed by atoms with Gasteiger partial charge in [-0.05, 0) is 18.2 Å². The largest absolute Gasteiger partial charge is 0.326 e. The Labute approximate surface area is 124 Å². The van der Waals surface area contributed by atoms with Crippen LogP contribution in [0, 0.1) is 0 Å². The third-order valence-electron chi connectivity index (χ3n) is 2.61. The van der Waals surface area contributed by atoms with Crippen molar-refractivity contribution in [1.82, 2.24) is 4.31 Å². The van der Waals surface area contributed by atoms with Gasteiger partial charge in [-0.1, -0.05) is 6.07 Å². The van der Waals surface area contributed by atoms with E-state index in [-0.39, 0.29) is 18.1 Å². The summed E-state index contributed by atoms with van der Waals surface area (Å²) in [6.45, 7) is 1.39. The van der Waals surface area contributed by atoms with E-state index in [9.17, 15) is 18.0 Å². The molecule has 116 valence electrons. The molecule has 0 saturated carbocycles. The Hall–Kier alpha value is -1.93. The molecule has 1 rings (SSSR count). The van der Waals surface area contributed by atoms with Gasteiger partial charge in [-0.25, -0.2) is 12.7 Å². The number of rotatable bonds is 6. The van der Waals surface area contributed by atoms with Crippen LogP contribution in [-0.2, 0) is 19.6 Å². The summed E-state index contributed by atoms with van der Waals surface area (Å²) in [6, 6.07) is 6.62. The Morgan fingerprint density at radius 2 is 1.71 bits per heavy atom. The SMILES string of the molecule is CC(=O)Nc1cccc(NC(=O)CCS(=O)(=O)N(C)C)c1. The van der Waals surface area contributed by atoms with Crippen LogP contribution in [0.2, 0.25) is 0 Å². The molecule has 0 atom stereocenters. The van der Waals surface area contributed by atoms with Gasteiger partial charge in [0.25, 0.3) is 0 Å². The summed E-state index contributed by atoms with van der Waals surface area (Å²) < 4.78 is 24.2. The first-order valence-corrected chi connectivity index (χ1v) is 7.89. The quantitative estimate of drug-likeness (QED) is 0.814.